The van der Waals surface area contributed by atoms with Crippen LogP contribution in [0.3, 0.4) is 0 Å². The van der Waals surface area contributed by atoms with Crippen molar-refractivity contribution in [2.75, 3.05) is 14.2 Å². The molecule has 0 bridgehead atoms. The van der Waals surface area contributed by atoms with Gasteiger partial charge in [0.2, 0.25) is 0 Å². The van der Waals surface area contributed by atoms with Crippen LogP contribution in [0, 0.1) is 11.3 Å². The third-order valence-electron chi connectivity index (χ3n) is 3.53. The Labute approximate surface area is 128 Å². The van der Waals surface area contributed by atoms with E-state index in [0.29, 0.717) is 22.4 Å². The summed E-state index contributed by atoms with van der Waals surface area (Å²) in [6.07, 6.45) is 2.32. The maximum absolute atomic E-state index is 6.22. The van der Waals surface area contributed by atoms with Crippen LogP contribution in [0.2, 0.25) is 5.02 Å². The van der Waals surface area contributed by atoms with Crippen molar-refractivity contribution in [2.24, 2.45) is 11.3 Å². The summed E-state index contributed by atoms with van der Waals surface area (Å²) in [4.78, 5) is 0. The number of ether oxygens (including phenoxy) is 1. The molecule has 0 aliphatic heterocycles. The van der Waals surface area contributed by atoms with E-state index in [1.807, 2.05) is 19.2 Å². The lowest BCUT2D eigenvalue weighted by molar-refractivity contribution is 0.279. The van der Waals surface area contributed by atoms with Crippen LogP contribution in [0.5, 0.6) is 5.75 Å². The van der Waals surface area contributed by atoms with Gasteiger partial charge >= 0.3 is 0 Å². The van der Waals surface area contributed by atoms with Crippen LogP contribution in [0.25, 0.3) is 0 Å². The fourth-order valence-electron chi connectivity index (χ4n) is 2.85. The molecule has 0 fully saturated rings. The third kappa shape index (κ3) is 5.34. The van der Waals surface area contributed by atoms with E-state index < -0.39 is 0 Å². The van der Waals surface area contributed by atoms with E-state index >= 15 is 0 Å². The standard InChI is InChI=1S/C17H28ClNO/c1-12(11-17(2,3)4)9-15(19-5)13-7-8-16(20-6)14(18)10-13/h7-8,10,12,15,19H,9,11H2,1-6H3. The molecule has 2 nitrogen and oxygen atoms in total. The zero-order valence-corrected chi connectivity index (χ0v) is 14.3. The molecule has 20 heavy (non-hydrogen) atoms. The van der Waals surface area contributed by atoms with Gasteiger partial charge in [0.15, 0.2) is 0 Å². The molecule has 1 aromatic rings. The van der Waals surface area contributed by atoms with Crippen molar-refractivity contribution < 1.29 is 4.74 Å². The summed E-state index contributed by atoms with van der Waals surface area (Å²) in [5.41, 5.74) is 1.59. The Hall–Kier alpha value is -0.730. The second kappa shape index (κ2) is 7.33. The van der Waals surface area contributed by atoms with Crippen LogP contribution in [-0.2, 0) is 0 Å². The second-order valence-electron chi connectivity index (χ2n) is 6.84. The SMILES string of the molecule is CNC(CC(C)CC(C)(C)C)c1ccc(OC)c(Cl)c1. The van der Waals surface area contributed by atoms with Crippen LogP contribution < -0.4 is 10.1 Å². The quantitative estimate of drug-likeness (QED) is 0.791. The second-order valence-corrected chi connectivity index (χ2v) is 7.25. The van der Waals surface area contributed by atoms with E-state index in [2.05, 4.69) is 39.1 Å². The minimum absolute atomic E-state index is 0.329. The molecule has 1 N–H and O–H groups in total. The predicted octanol–water partition coefficient (Wildman–Crippen LogP) is 5.07. The summed E-state index contributed by atoms with van der Waals surface area (Å²) in [6.45, 7) is 9.20. The first-order valence-corrected chi connectivity index (χ1v) is 7.65. The summed E-state index contributed by atoms with van der Waals surface area (Å²) in [5.74, 6) is 1.39. The molecule has 1 rings (SSSR count). The van der Waals surface area contributed by atoms with Gasteiger partial charge in [-0.2, -0.15) is 0 Å². The highest BCUT2D eigenvalue weighted by molar-refractivity contribution is 6.32. The molecule has 2 unspecified atom stereocenters. The van der Waals surface area contributed by atoms with E-state index in [-0.39, 0.29) is 0 Å². The summed E-state index contributed by atoms with van der Waals surface area (Å²) in [5, 5.41) is 4.07. The molecule has 0 radical (unpaired) electrons. The van der Waals surface area contributed by atoms with Gasteiger partial charge in [0, 0.05) is 6.04 Å². The van der Waals surface area contributed by atoms with Crippen molar-refractivity contribution in [3.8, 4) is 5.75 Å². The Bertz CT molecular complexity index is 425. The molecule has 0 amide bonds. The van der Waals surface area contributed by atoms with Crippen molar-refractivity contribution in [3.05, 3.63) is 28.8 Å². The Morgan fingerprint density at radius 2 is 1.95 bits per heavy atom. The van der Waals surface area contributed by atoms with E-state index in [1.54, 1.807) is 7.11 Å². The summed E-state index contributed by atoms with van der Waals surface area (Å²) in [7, 11) is 3.65. The van der Waals surface area contributed by atoms with Gasteiger partial charge in [0.1, 0.15) is 5.75 Å². The topological polar surface area (TPSA) is 21.3 Å². The lowest BCUT2D eigenvalue weighted by Crippen LogP contribution is -2.21. The first-order valence-electron chi connectivity index (χ1n) is 7.27. The van der Waals surface area contributed by atoms with E-state index in [9.17, 15) is 0 Å². The number of methoxy groups -OCH3 is 1. The van der Waals surface area contributed by atoms with Crippen molar-refractivity contribution >= 4 is 11.6 Å². The van der Waals surface area contributed by atoms with Crippen molar-refractivity contribution in [3.63, 3.8) is 0 Å². The molecule has 0 spiro atoms. The normalized spacial score (nSPS) is 14.9. The first kappa shape index (κ1) is 17.3. The average Bonchev–Trinajstić information content (AvgIpc) is 2.33. The fourth-order valence-corrected chi connectivity index (χ4v) is 3.12. The predicted molar refractivity (Wildman–Crippen MR) is 87.7 cm³/mol. The van der Waals surface area contributed by atoms with Gasteiger partial charge < -0.3 is 10.1 Å². The highest BCUT2D eigenvalue weighted by atomic mass is 35.5. The molecule has 0 heterocycles. The number of nitrogens with one attached hydrogen (secondary N) is 1. The summed E-state index contributed by atoms with van der Waals surface area (Å²) < 4.78 is 5.21. The number of halogens is 1. The Morgan fingerprint density at radius 1 is 1.30 bits per heavy atom. The molecular weight excluding hydrogens is 270 g/mol. The molecule has 0 aromatic heterocycles. The van der Waals surface area contributed by atoms with Crippen molar-refractivity contribution in [1.82, 2.24) is 5.32 Å². The third-order valence-corrected chi connectivity index (χ3v) is 3.82. The Balaban J connectivity index is 2.78. The zero-order chi connectivity index (χ0) is 15.3. The Morgan fingerprint density at radius 3 is 2.40 bits per heavy atom. The van der Waals surface area contributed by atoms with Gasteiger partial charge in [0.25, 0.3) is 0 Å². The van der Waals surface area contributed by atoms with Crippen LogP contribution in [-0.4, -0.2) is 14.2 Å². The Kier molecular flexibility index (Phi) is 6.35. The van der Waals surface area contributed by atoms with E-state index in [4.69, 9.17) is 16.3 Å². The highest BCUT2D eigenvalue weighted by Crippen LogP contribution is 2.33. The zero-order valence-electron chi connectivity index (χ0n) is 13.6. The number of hydrogen-bond donors (Lipinski definition) is 1. The minimum Gasteiger partial charge on any atom is -0.495 e. The van der Waals surface area contributed by atoms with Crippen molar-refractivity contribution in [2.45, 2.75) is 46.6 Å². The van der Waals surface area contributed by atoms with Gasteiger partial charge in [-0.3, -0.25) is 0 Å². The first-order chi connectivity index (χ1) is 9.26. The summed E-state index contributed by atoms with van der Waals surface area (Å²) in [6, 6.07) is 6.37. The molecule has 1 aromatic carbocycles. The van der Waals surface area contributed by atoms with Crippen LogP contribution in [0.1, 0.15) is 52.1 Å². The van der Waals surface area contributed by atoms with Gasteiger partial charge in [-0.05, 0) is 48.9 Å². The minimum atomic E-state index is 0.329. The van der Waals surface area contributed by atoms with Gasteiger partial charge in [-0.1, -0.05) is 45.4 Å². The molecule has 3 heteroatoms. The maximum atomic E-state index is 6.22. The number of benzene rings is 1. The van der Waals surface area contributed by atoms with Gasteiger partial charge in [-0.25, -0.2) is 0 Å². The summed E-state index contributed by atoms with van der Waals surface area (Å²) >= 11 is 6.22. The van der Waals surface area contributed by atoms with E-state index in [0.717, 1.165) is 12.2 Å². The van der Waals surface area contributed by atoms with Crippen LogP contribution >= 0.6 is 11.6 Å². The monoisotopic (exact) mass is 297 g/mol. The molecule has 114 valence electrons. The van der Waals surface area contributed by atoms with Gasteiger partial charge in [0.05, 0.1) is 12.1 Å². The fraction of sp³-hybridized carbons (Fsp3) is 0.647. The van der Waals surface area contributed by atoms with Crippen LogP contribution in [0.4, 0.5) is 0 Å². The lowest BCUT2D eigenvalue weighted by Gasteiger charge is -2.27. The number of rotatable bonds is 6. The highest BCUT2D eigenvalue weighted by Gasteiger charge is 2.20. The smallest absolute Gasteiger partial charge is 0.137 e. The van der Waals surface area contributed by atoms with E-state index in [1.165, 1.54) is 12.0 Å². The van der Waals surface area contributed by atoms with Crippen molar-refractivity contribution in [1.29, 1.82) is 0 Å². The molecule has 2 atom stereocenters. The molecule has 0 saturated heterocycles. The molecular formula is C17H28ClNO. The molecule has 0 saturated carbocycles. The maximum Gasteiger partial charge on any atom is 0.137 e. The largest absolute Gasteiger partial charge is 0.495 e. The number of hydrogen-bond acceptors (Lipinski definition) is 2. The molecule has 0 aliphatic rings. The van der Waals surface area contributed by atoms with Crippen LogP contribution in [0.15, 0.2) is 18.2 Å². The average molecular weight is 298 g/mol. The molecule has 0 aliphatic carbocycles. The lowest BCUT2D eigenvalue weighted by atomic mass is 9.82. The van der Waals surface area contributed by atoms with Gasteiger partial charge in [-0.15, -0.1) is 0 Å².